The topological polar surface area (TPSA) is 99.2 Å². The molecule has 31 heavy (non-hydrogen) atoms. The fourth-order valence-corrected chi connectivity index (χ4v) is 4.15. The number of benzene rings is 2. The smallest absolute Gasteiger partial charge is 0.220 e. The quantitative estimate of drug-likeness (QED) is 0.601. The Morgan fingerprint density at radius 3 is 2.48 bits per heavy atom. The van der Waals surface area contributed by atoms with Crippen molar-refractivity contribution in [3.05, 3.63) is 71.5 Å². The Hall–Kier alpha value is -3.26. The Morgan fingerprint density at radius 1 is 1.13 bits per heavy atom. The van der Waals surface area contributed by atoms with Crippen molar-refractivity contribution in [2.24, 2.45) is 11.7 Å². The highest BCUT2D eigenvalue weighted by Crippen LogP contribution is 2.32. The minimum Gasteiger partial charge on any atom is -0.494 e. The number of piperidine rings is 1. The van der Waals surface area contributed by atoms with Crippen molar-refractivity contribution >= 4 is 5.91 Å². The molecule has 1 saturated heterocycles. The molecular weight excluding hydrogens is 392 g/mol. The highest BCUT2D eigenvalue weighted by atomic mass is 16.5. The van der Waals surface area contributed by atoms with Crippen LogP contribution in [-0.2, 0) is 11.3 Å². The van der Waals surface area contributed by atoms with Crippen molar-refractivity contribution in [2.75, 3.05) is 19.7 Å². The molecule has 8 heteroatoms. The van der Waals surface area contributed by atoms with Gasteiger partial charge in [-0.25, -0.2) is 4.68 Å². The van der Waals surface area contributed by atoms with E-state index in [0.29, 0.717) is 13.2 Å². The lowest BCUT2D eigenvalue weighted by atomic mass is 9.93. The molecule has 0 radical (unpaired) electrons. The van der Waals surface area contributed by atoms with Gasteiger partial charge in [0.25, 0.3) is 0 Å². The fourth-order valence-electron chi connectivity index (χ4n) is 4.15. The van der Waals surface area contributed by atoms with Crippen LogP contribution in [0.5, 0.6) is 5.75 Å². The number of nitrogens with two attached hydrogens (primary N) is 1. The number of likely N-dealkylation sites (tertiary alicyclic amines) is 1. The molecule has 2 heterocycles. The number of rotatable bonds is 8. The molecule has 2 aromatic carbocycles. The summed E-state index contributed by atoms with van der Waals surface area (Å²) in [6, 6.07) is 18.1. The molecule has 1 atom stereocenters. The van der Waals surface area contributed by atoms with Crippen molar-refractivity contribution in [2.45, 2.75) is 32.4 Å². The maximum Gasteiger partial charge on any atom is 0.220 e. The monoisotopic (exact) mass is 420 g/mol. The van der Waals surface area contributed by atoms with Gasteiger partial charge in [0.05, 0.1) is 19.2 Å². The number of hydrogen-bond donors (Lipinski definition) is 1. The molecule has 2 N–H and O–H groups in total. The van der Waals surface area contributed by atoms with Crippen LogP contribution in [0.4, 0.5) is 0 Å². The van der Waals surface area contributed by atoms with Crippen molar-refractivity contribution in [3.63, 3.8) is 0 Å². The number of ether oxygens (including phenoxy) is 1. The number of tetrazole rings is 1. The zero-order chi connectivity index (χ0) is 21.6. The predicted octanol–water partition coefficient (Wildman–Crippen LogP) is 2.41. The summed E-state index contributed by atoms with van der Waals surface area (Å²) in [4.78, 5) is 14.0. The van der Waals surface area contributed by atoms with Crippen molar-refractivity contribution < 1.29 is 9.53 Å². The third-order valence-corrected chi connectivity index (χ3v) is 5.78. The lowest BCUT2D eigenvalue weighted by Gasteiger charge is -2.36. The molecule has 0 saturated carbocycles. The first-order valence-electron chi connectivity index (χ1n) is 10.7. The van der Waals surface area contributed by atoms with Gasteiger partial charge in [-0.05, 0) is 66.5 Å². The summed E-state index contributed by atoms with van der Waals surface area (Å²) in [5.41, 5.74) is 7.76. The van der Waals surface area contributed by atoms with Crippen LogP contribution in [-0.4, -0.2) is 50.7 Å². The largest absolute Gasteiger partial charge is 0.494 e. The normalized spacial score (nSPS) is 16.2. The molecule has 3 aromatic rings. The summed E-state index contributed by atoms with van der Waals surface area (Å²) in [5.74, 6) is 1.33. The number of primary amides is 1. The van der Waals surface area contributed by atoms with Gasteiger partial charge in [-0.3, -0.25) is 9.69 Å². The summed E-state index contributed by atoms with van der Waals surface area (Å²) in [7, 11) is 0. The predicted molar refractivity (Wildman–Crippen MR) is 116 cm³/mol. The molecule has 1 amide bonds. The second-order valence-electron chi connectivity index (χ2n) is 7.80. The third-order valence-electron chi connectivity index (χ3n) is 5.78. The number of carbonyl (C=O) groups is 1. The first kappa shape index (κ1) is 21.0. The Bertz CT molecular complexity index is 981. The van der Waals surface area contributed by atoms with E-state index < -0.39 is 0 Å². The maximum absolute atomic E-state index is 11.6. The molecular formula is C23H28N6O2. The van der Waals surface area contributed by atoms with E-state index in [1.807, 2.05) is 41.9 Å². The summed E-state index contributed by atoms with van der Waals surface area (Å²) < 4.78 is 7.47. The third kappa shape index (κ3) is 4.91. The van der Waals surface area contributed by atoms with E-state index in [-0.39, 0.29) is 17.9 Å². The summed E-state index contributed by atoms with van der Waals surface area (Å²) in [6.45, 7) is 4.69. The van der Waals surface area contributed by atoms with Crippen LogP contribution in [0.25, 0.3) is 0 Å². The van der Waals surface area contributed by atoms with Gasteiger partial charge in [-0.2, -0.15) is 0 Å². The SMILES string of the molecule is CCOc1ccc(C(c2nnnn2Cc2ccccc2)N2CCC(C(N)=O)CC2)cc1. The lowest BCUT2D eigenvalue weighted by Crippen LogP contribution is -2.41. The van der Waals surface area contributed by atoms with Gasteiger partial charge in [0.1, 0.15) is 5.75 Å². The first-order chi connectivity index (χ1) is 15.2. The van der Waals surface area contributed by atoms with Gasteiger partial charge >= 0.3 is 0 Å². The lowest BCUT2D eigenvalue weighted by molar-refractivity contribution is -0.123. The molecule has 0 bridgehead atoms. The van der Waals surface area contributed by atoms with Crippen LogP contribution in [0.15, 0.2) is 54.6 Å². The molecule has 1 fully saturated rings. The van der Waals surface area contributed by atoms with Crippen LogP contribution in [0.3, 0.4) is 0 Å². The van der Waals surface area contributed by atoms with Crippen LogP contribution in [0, 0.1) is 5.92 Å². The zero-order valence-corrected chi connectivity index (χ0v) is 17.7. The second kappa shape index (κ2) is 9.70. The molecule has 1 aliphatic heterocycles. The summed E-state index contributed by atoms with van der Waals surface area (Å²) in [5, 5.41) is 12.7. The summed E-state index contributed by atoms with van der Waals surface area (Å²) in [6.07, 6.45) is 1.48. The van der Waals surface area contributed by atoms with Gasteiger partial charge in [0, 0.05) is 5.92 Å². The molecule has 8 nitrogen and oxygen atoms in total. The number of nitrogens with zero attached hydrogens (tertiary/aromatic N) is 5. The molecule has 1 aliphatic rings. The van der Waals surface area contributed by atoms with Gasteiger partial charge < -0.3 is 10.5 Å². The highest BCUT2D eigenvalue weighted by Gasteiger charge is 2.32. The summed E-state index contributed by atoms with van der Waals surface area (Å²) >= 11 is 0. The minimum atomic E-state index is -0.217. The standard InChI is InChI=1S/C23H28N6O2/c1-2-31-20-10-8-18(9-11-20)21(28-14-12-19(13-15-28)22(24)30)23-25-26-27-29(23)16-17-6-4-3-5-7-17/h3-11,19,21H,2,12-16H2,1H3,(H2,24,30). The molecule has 0 aliphatic carbocycles. The van der Waals surface area contributed by atoms with E-state index in [1.165, 1.54) is 0 Å². The average Bonchev–Trinajstić information content (AvgIpc) is 3.24. The molecule has 1 aromatic heterocycles. The second-order valence-corrected chi connectivity index (χ2v) is 7.80. The molecule has 162 valence electrons. The van der Waals surface area contributed by atoms with Gasteiger partial charge in [0.15, 0.2) is 5.82 Å². The Labute approximate surface area is 182 Å². The van der Waals surface area contributed by atoms with Gasteiger partial charge in [-0.15, -0.1) is 5.10 Å². The number of aromatic nitrogens is 4. The van der Waals surface area contributed by atoms with E-state index in [0.717, 1.165) is 48.6 Å². The average molecular weight is 421 g/mol. The van der Waals surface area contributed by atoms with Gasteiger partial charge in [0.2, 0.25) is 5.91 Å². The van der Waals surface area contributed by atoms with Crippen molar-refractivity contribution in [1.82, 2.24) is 25.1 Å². The molecule has 1 unspecified atom stereocenters. The Morgan fingerprint density at radius 2 is 1.84 bits per heavy atom. The zero-order valence-electron chi connectivity index (χ0n) is 17.7. The number of amides is 1. The van der Waals surface area contributed by atoms with Gasteiger partial charge in [-0.1, -0.05) is 42.5 Å². The Kier molecular flexibility index (Phi) is 6.57. The van der Waals surface area contributed by atoms with E-state index in [2.05, 4.69) is 44.7 Å². The molecule has 0 spiro atoms. The van der Waals surface area contributed by atoms with E-state index in [1.54, 1.807) is 0 Å². The Balaban J connectivity index is 1.65. The highest BCUT2D eigenvalue weighted by molar-refractivity contribution is 5.76. The first-order valence-corrected chi connectivity index (χ1v) is 10.7. The maximum atomic E-state index is 11.6. The van der Waals surface area contributed by atoms with Crippen LogP contribution >= 0.6 is 0 Å². The van der Waals surface area contributed by atoms with Crippen molar-refractivity contribution in [3.8, 4) is 5.75 Å². The van der Waals surface area contributed by atoms with Crippen LogP contribution in [0.1, 0.15) is 42.8 Å². The van der Waals surface area contributed by atoms with E-state index in [4.69, 9.17) is 10.5 Å². The fraction of sp³-hybridized carbons (Fsp3) is 0.391. The number of carbonyl (C=O) groups excluding carboxylic acids is 1. The van der Waals surface area contributed by atoms with E-state index >= 15 is 0 Å². The van der Waals surface area contributed by atoms with Crippen LogP contribution in [0.2, 0.25) is 0 Å². The number of hydrogen-bond acceptors (Lipinski definition) is 6. The van der Waals surface area contributed by atoms with Crippen molar-refractivity contribution in [1.29, 1.82) is 0 Å². The van der Waals surface area contributed by atoms with E-state index in [9.17, 15) is 4.79 Å². The van der Waals surface area contributed by atoms with Crippen LogP contribution < -0.4 is 10.5 Å². The minimum absolute atomic E-state index is 0.0717. The molecule has 4 rings (SSSR count).